The fourth-order valence-electron chi connectivity index (χ4n) is 0.537. The second-order valence-electron chi connectivity index (χ2n) is 1.71. The minimum absolute atomic E-state index is 0. The Kier molecular flexibility index (Phi) is 5.04. The molecule has 0 heterocycles. The molecule has 5 heteroatoms. The van der Waals surface area contributed by atoms with Crippen molar-refractivity contribution in [1.29, 1.82) is 0 Å². The third-order valence-corrected chi connectivity index (χ3v) is 1.83. The molecule has 0 aliphatic heterocycles. The minimum atomic E-state index is -4.03. The summed E-state index contributed by atoms with van der Waals surface area (Å²) in [7, 11) is -4.03. The molecule has 1 N–H and O–H groups in total. The van der Waals surface area contributed by atoms with Crippen LogP contribution in [0.25, 0.3) is 0 Å². The Labute approximate surface area is 108 Å². The predicted molar refractivity (Wildman–Crippen MR) is 35.1 cm³/mol. The topological polar surface area (TPSA) is 54.4 Å². The molecule has 0 aliphatic rings. The molecule has 0 saturated carbocycles. The molecule has 3 nitrogen and oxygen atoms in total. The third-order valence-electron chi connectivity index (χ3n) is 0.976. The van der Waals surface area contributed by atoms with Gasteiger partial charge in [-0.15, -0.1) is 0 Å². The van der Waals surface area contributed by atoms with Gasteiger partial charge in [0.25, 0.3) is 0 Å². The van der Waals surface area contributed by atoms with Crippen LogP contribution in [0, 0.1) is 6.07 Å². The maximum Gasteiger partial charge on any atom is 1.00 e. The van der Waals surface area contributed by atoms with E-state index in [1.165, 1.54) is 18.2 Å². The van der Waals surface area contributed by atoms with Crippen molar-refractivity contribution >= 4 is 10.1 Å². The minimum Gasteiger partial charge on any atom is -0.291 e. The maximum absolute atomic E-state index is 10.4. The number of rotatable bonds is 1. The van der Waals surface area contributed by atoms with Gasteiger partial charge in [-0.2, -0.15) is 30.3 Å². The molecule has 0 radical (unpaired) electrons. The van der Waals surface area contributed by atoms with Crippen molar-refractivity contribution in [3.63, 3.8) is 0 Å². The predicted octanol–water partition coefficient (Wildman–Crippen LogP) is -2.26. The summed E-state index contributed by atoms with van der Waals surface area (Å²) >= 11 is 0. The standard InChI is InChI=1S/C6H5O3S.K/c7-10(8,9)6-4-2-1-3-5-6;/h1-2,4-5H,(H,7,8,9);/q-1;+1. The van der Waals surface area contributed by atoms with E-state index in [1.807, 2.05) is 0 Å². The first-order valence-corrected chi connectivity index (χ1v) is 3.98. The largest absolute Gasteiger partial charge is 1.00 e. The molecule has 11 heavy (non-hydrogen) atoms. The zero-order chi connectivity index (χ0) is 7.61. The van der Waals surface area contributed by atoms with Crippen LogP contribution in [-0.2, 0) is 10.1 Å². The Hall–Kier alpha value is 0.766. The fraction of sp³-hybridized carbons (Fsp3) is 0. The van der Waals surface area contributed by atoms with Gasteiger partial charge in [-0.1, -0.05) is 0 Å². The molecule has 0 saturated heterocycles. The number of hydrogen-bond donors (Lipinski definition) is 1. The van der Waals surface area contributed by atoms with Crippen LogP contribution in [0.2, 0.25) is 0 Å². The van der Waals surface area contributed by atoms with Gasteiger partial charge in [0.15, 0.2) is 0 Å². The van der Waals surface area contributed by atoms with Gasteiger partial charge in [0.05, 0.1) is 0 Å². The Morgan fingerprint density at radius 2 is 2.09 bits per heavy atom. The normalized spacial score (nSPS) is 10.3. The van der Waals surface area contributed by atoms with Crippen molar-refractivity contribution in [2.75, 3.05) is 0 Å². The first kappa shape index (κ1) is 11.8. The van der Waals surface area contributed by atoms with E-state index >= 15 is 0 Å². The third kappa shape index (κ3) is 3.79. The van der Waals surface area contributed by atoms with Crippen LogP contribution < -0.4 is 51.4 Å². The summed E-state index contributed by atoms with van der Waals surface area (Å²) in [5, 5.41) is 0. The average Bonchev–Trinajstić information content (AvgIpc) is 1.88. The molecule has 0 spiro atoms. The summed E-state index contributed by atoms with van der Waals surface area (Å²) < 4.78 is 29.2. The first-order chi connectivity index (χ1) is 4.61. The van der Waals surface area contributed by atoms with Crippen LogP contribution in [0.1, 0.15) is 0 Å². The Bertz CT molecular complexity index is 306. The van der Waals surface area contributed by atoms with E-state index in [0.29, 0.717) is 0 Å². The summed E-state index contributed by atoms with van der Waals surface area (Å²) in [4.78, 5) is -0.130. The van der Waals surface area contributed by atoms with Crippen molar-refractivity contribution in [3.05, 3.63) is 30.3 Å². The van der Waals surface area contributed by atoms with Gasteiger partial charge >= 0.3 is 51.4 Å². The molecule has 0 bridgehead atoms. The van der Waals surface area contributed by atoms with E-state index in [0.717, 1.165) is 0 Å². The quantitative estimate of drug-likeness (QED) is 0.313. The van der Waals surface area contributed by atoms with Crippen LogP contribution in [0.5, 0.6) is 0 Å². The van der Waals surface area contributed by atoms with Gasteiger partial charge in [0.2, 0.25) is 10.1 Å². The monoisotopic (exact) mass is 196 g/mol. The molecular formula is C6H5KO3S. The second kappa shape index (κ2) is 4.71. The zero-order valence-electron chi connectivity index (χ0n) is 5.98. The van der Waals surface area contributed by atoms with Crippen molar-refractivity contribution in [2.45, 2.75) is 4.90 Å². The van der Waals surface area contributed by atoms with E-state index in [1.54, 1.807) is 6.07 Å². The van der Waals surface area contributed by atoms with Crippen LogP contribution in [0.15, 0.2) is 29.2 Å². The summed E-state index contributed by atoms with van der Waals surface area (Å²) in [6, 6.07) is 8.07. The van der Waals surface area contributed by atoms with Crippen molar-refractivity contribution in [2.24, 2.45) is 0 Å². The van der Waals surface area contributed by atoms with E-state index in [-0.39, 0.29) is 56.3 Å². The van der Waals surface area contributed by atoms with Crippen molar-refractivity contribution < 1.29 is 64.4 Å². The molecule has 0 amide bonds. The maximum atomic E-state index is 10.4. The fourth-order valence-corrected chi connectivity index (χ4v) is 1.00. The summed E-state index contributed by atoms with van der Waals surface area (Å²) in [5.74, 6) is 0. The zero-order valence-corrected chi connectivity index (χ0v) is 9.92. The molecule has 0 aromatic heterocycles. The molecule has 0 fully saturated rings. The average molecular weight is 196 g/mol. The molecule has 1 aromatic carbocycles. The van der Waals surface area contributed by atoms with Crippen LogP contribution in [0.4, 0.5) is 0 Å². The number of hydrogen-bond acceptors (Lipinski definition) is 2. The van der Waals surface area contributed by atoms with Crippen LogP contribution >= 0.6 is 0 Å². The molecule has 0 unspecified atom stereocenters. The summed E-state index contributed by atoms with van der Waals surface area (Å²) in [5.41, 5.74) is 0. The molecule has 1 rings (SSSR count). The van der Waals surface area contributed by atoms with Gasteiger partial charge in [0.1, 0.15) is 0 Å². The number of benzene rings is 1. The van der Waals surface area contributed by atoms with Gasteiger partial charge < -0.3 is 0 Å². The first-order valence-electron chi connectivity index (χ1n) is 2.54. The molecule has 0 atom stereocenters. The van der Waals surface area contributed by atoms with Gasteiger partial charge in [-0.05, 0) is 4.90 Å². The van der Waals surface area contributed by atoms with Crippen LogP contribution in [0.3, 0.4) is 0 Å². The Morgan fingerprint density at radius 1 is 1.45 bits per heavy atom. The molecule has 54 valence electrons. The SMILES string of the molecule is O=S(=O)(O)c1c[c-]ccc1.[K+]. The van der Waals surface area contributed by atoms with Gasteiger partial charge in [0, 0.05) is 0 Å². The second-order valence-corrected chi connectivity index (χ2v) is 3.14. The molecular weight excluding hydrogens is 191 g/mol. The van der Waals surface area contributed by atoms with Crippen molar-refractivity contribution in [3.8, 4) is 0 Å². The van der Waals surface area contributed by atoms with E-state index < -0.39 is 10.1 Å². The Morgan fingerprint density at radius 3 is 2.36 bits per heavy atom. The summed E-state index contributed by atoms with van der Waals surface area (Å²) in [6.07, 6.45) is 0. The van der Waals surface area contributed by atoms with E-state index in [2.05, 4.69) is 6.07 Å². The van der Waals surface area contributed by atoms with Crippen molar-refractivity contribution in [1.82, 2.24) is 0 Å². The summed E-state index contributed by atoms with van der Waals surface area (Å²) in [6.45, 7) is 0. The molecule has 1 aromatic rings. The molecule has 0 aliphatic carbocycles. The Balaban J connectivity index is 0.000001000. The van der Waals surface area contributed by atoms with Crippen LogP contribution in [-0.4, -0.2) is 13.0 Å². The van der Waals surface area contributed by atoms with E-state index in [9.17, 15) is 8.42 Å². The van der Waals surface area contributed by atoms with Gasteiger partial charge in [-0.25, -0.2) is 8.42 Å². The van der Waals surface area contributed by atoms with E-state index in [4.69, 9.17) is 4.55 Å². The van der Waals surface area contributed by atoms with Gasteiger partial charge in [-0.3, -0.25) is 4.55 Å². The smallest absolute Gasteiger partial charge is 0.291 e.